The SMILES string of the molecule is O=[N+]([O-])c1c(Nc2ccccc2)ncnc1-n1cnc2ccccc21. The minimum Gasteiger partial charge on any atom is -0.334 e. The third-order valence-corrected chi connectivity index (χ3v) is 3.70. The fourth-order valence-electron chi connectivity index (χ4n) is 2.59. The zero-order chi connectivity index (χ0) is 17.2. The number of anilines is 2. The summed E-state index contributed by atoms with van der Waals surface area (Å²) >= 11 is 0. The lowest BCUT2D eigenvalue weighted by atomic mass is 10.3. The molecule has 122 valence electrons. The zero-order valence-corrected chi connectivity index (χ0v) is 12.9. The molecule has 2 heterocycles. The fourth-order valence-corrected chi connectivity index (χ4v) is 2.59. The van der Waals surface area contributed by atoms with Crippen molar-refractivity contribution in [3.8, 4) is 5.82 Å². The van der Waals surface area contributed by atoms with Crippen LogP contribution in [0.15, 0.2) is 67.3 Å². The van der Waals surface area contributed by atoms with Crippen molar-refractivity contribution in [2.75, 3.05) is 5.32 Å². The third-order valence-electron chi connectivity index (χ3n) is 3.70. The van der Waals surface area contributed by atoms with Gasteiger partial charge in [-0.05, 0) is 24.3 Å². The average Bonchev–Trinajstić information content (AvgIpc) is 3.06. The van der Waals surface area contributed by atoms with Gasteiger partial charge in [0.05, 0.1) is 16.0 Å². The molecule has 0 radical (unpaired) electrons. The minimum absolute atomic E-state index is 0.124. The van der Waals surface area contributed by atoms with Crippen molar-refractivity contribution >= 4 is 28.2 Å². The van der Waals surface area contributed by atoms with E-state index in [1.54, 1.807) is 16.7 Å². The lowest BCUT2D eigenvalue weighted by Gasteiger charge is -2.09. The molecular weight excluding hydrogens is 320 g/mol. The molecule has 0 fully saturated rings. The molecule has 0 bridgehead atoms. The van der Waals surface area contributed by atoms with Crippen LogP contribution in [0.5, 0.6) is 0 Å². The number of para-hydroxylation sites is 3. The number of imidazole rings is 1. The number of rotatable bonds is 4. The Balaban J connectivity index is 1.89. The second-order valence-corrected chi connectivity index (χ2v) is 5.25. The molecule has 0 unspecified atom stereocenters. The van der Waals surface area contributed by atoms with Gasteiger partial charge in [0.1, 0.15) is 12.7 Å². The summed E-state index contributed by atoms with van der Waals surface area (Å²) in [5, 5.41) is 14.7. The molecular formula is C17H12N6O2. The van der Waals surface area contributed by atoms with E-state index in [1.165, 1.54) is 12.7 Å². The van der Waals surface area contributed by atoms with Crippen LogP contribution in [0.1, 0.15) is 0 Å². The van der Waals surface area contributed by atoms with E-state index < -0.39 is 4.92 Å². The molecule has 4 rings (SSSR count). The normalized spacial score (nSPS) is 10.7. The summed E-state index contributed by atoms with van der Waals surface area (Å²) in [6, 6.07) is 16.5. The molecule has 0 amide bonds. The van der Waals surface area contributed by atoms with Crippen molar-refractivity contribution in [3.63, 3.8) is 0 Å². The van der Waals surface area contributed by atoms with Crippen LogP contribution in [0.25, 0.3) is 16.9 Å². The first-order chi connectivity index (χ1) is 12.2. The summed E-state index contributed by atoms with van der Waals surface area (Å²) < 4.78 is 1.59. The first-order valence-corrected chi connectivity index (χ1v) is 7.48. The first-order valence-electron chi connectivity index (χ1n) is 7.48. The maximum atomic E-state index is 11.7. The smallest absolute Gasteiger partial charge is 0.334 e. The average molecular weight is 332 g/mol. The second kappa shape index (κ2) is 6.00. The molecule has 4 aromatic rings. The van der Waals surface area contributed by atoms with Gasteiger partial charge in [-0.15, -0.1) is 0 Å². The van der Waals surface area contributed by atoms with E-state index in [1.807, 2.05) is 42.5 Å². The molecule has 8 heteroatoms. The van der Waals surface area contributed by atoms with Crippen LogP contribution in [0.3, 0.4) is 0 Å². The van der Waals surface area contributed by atoms with E-state index in [2.05, 4.69) is 20.3 Å². The van der Waals surface area contributed by atoms with Crippen LogP contribution in [0.2, 0.25) is 0 Å². The van der Waals surface area contributed by atoms with Gasteiger partial charge in [0.15, 0.2) is 0 Å². The van der Waals surface area contributed by atoms with Crippen molar-refractivity contribution in [3.05, 3.63) is 77.4 Å². The number of hydrogen-bond acceptors (Lipinski definition) is 6. The van der Waals surface area contributed by atoms with E-state index in [-0.39, 0.29) is 17.3 Å². The highest BCUT2D eigenvalue weighted by molar-refractivity contribution is 5.79. The van der Waals surface area contributed by atoms with Crippen LogP contribution in [-0.2, 0) is 0 Å². The summed E-state index contributed by atoms with van der Waals surface area (Å²) in [7, 11) is 0. The van der Waals surface area contributed by atoms with Crippen LogP contribution in [0, 0.1) is 10.1 Å². The molecule has 0 saturated carbocycles. The van der Waals surface area contributed by atoms with Crippen LogP contribution >= 0.6 is 0 Å². The summed E-state index contributed by atoms with van der Waals surface area (Å²) in [5.41, 5.74) is 1.95. The monoisotopic (exact) mass is 332 g/mol. The summed E-state index contributed by atoms with van der Waals surface area (Å²) in [5.74, 6) is 0.283. The maximum Gasteiger partial charge on any atom is 0.354 e. The summed E-state index contributed by atoms with van der Waals surface area (Å²) in [6.45, 7) is 0. The van der Waals surface area contributed by atoms with Gasteiger partial charge < -0.3 is 5.32 Å². The van der Waals surface area contributed by atoms with E-state index in [0.29, 0.717) is 5.69 Å². The van der Waals surface area contributed by atoms with Gasteiger partial charge in [0.25, 0.3) is 0 Å². The second-order valence-electron chi connectivity index (χ2n) is 5.25. The number of hydrogen-bond donors (Lipinski definition) is 1. The highest BCUT2D eigenvalue weighted by atomic mass is 16.6. The lowest BCUT2D eigenvalue weighted by Crippen LogP contribution is -2.07. The molecule has 0 saturated heterocycles. The molecule has 0 aliphatic heterocycles. The van der Waals surface area contributed by atoms with Gasteiger partial charge in [-0.25, -0.2) is 15.0 Å². The van der Waals surface area contributed by atoms with Gasteiger partial charge in [-0.3, -0.25) is 14.7 Å². The molecule has 2 aromatic heterocycles. The Morgan fingerprint density at radius 1 is 0.960 bits per heavy atom. The Kier molecular flexibility index (Phi) is 3.55. The van der Waals surface area contributed by atoms with Gasteiger partial charge in [-0.2, -0.15) is 0 Å². The lowest BCUT2D eigenvalue weighted by molar-refractivity contribution is -0.384. The highest BCUT2D eigenvalue weighted by Crippen LogP contribution is 2.31. The number of fused-ring (bicyclic) bond motifs is 1. The molecule has 1 N–H and O–H groups in total. The largest absolute Gasteiger partial charge is 0.354 e. The number of nitro groups is 1. The maximum absolute atomic E-state index is 11.7. The standard InChI is InChI=1S/C17H12N6O2/c24-23(25)15-16(21-12-6-2-1-3-7-12)18-10-19-17(15)22-11-20-13-8-4-5-9-14(13)22/h1-11H,(H,18,19,21). The van der Waals surface area contributed by atoms with Gasteiger partial charge in [-0.1, -0.05) is 30.3 Å². The van der Waals surface area contributed by atoms with Crippen molar-refractivity contribution in [1.29, 1.82) is 0 Å². The fraction of sp³-hybridized carbons (Fsp3) is 0. The molecule has 8 nitrogen and oxygen atoms in total. The minimum atomic E-state index is -0.491. The predicted molar refractivity (Wildman–Crippen MR) is 93.0 cm³/mol. The van der Waals surface area contributed by atoms with Crippen molar-refractivity contribution in [1.82, 2.24) is 19.5 Å². The highest BCUT2D eigenvalue weighted by Gasteiger charge is 2.25. The topological polar surface area (TPSA) is 98.8 Å². The molecule has 0 aliphatic rings. The number of nitrogens with zero attached hydrogens (tertiary/aromatic N) is 5. The molecule has 0 aliphatic carbocycles. The van der Waals surface area contributed by atoms with E-state index in [9.17, 15) is 10.1 Å². The number of aromatic nitrogens is 4. The van der Waals surface area contributed by atoms with Crippen molar-refractivity contribution in [2.24, 2.45) is 0 Å². The van der Waals surface area contributed by atoms with Gasteiger partial charge in [0.2, 0.25) is 11.6 Å². The Labute approximate surface area is 142 Å². The predicted octanol–water partition coefficient (Wildman–Crippen LogP) is 3.47. The Hall–Kier alpha value is -3.81. The molecule has 0 atom stereocenters. The van der Waals surface area contributed by atoms with E-state index in [4.69, 9.17) is 0 Å². The van der Waals surface area contributed by atoms with E-state index in [0.717, 1.165) is 11.0 Å². The Morgan fingerprint density at radius 3 is 2.52 bits per heavy atom. The van der Waals surface area contributed by atoms with Gasteiger partial charge in [0, 0.05) is 5.69 Å². The number of benzene rings is 2. The third kappa shape index (κ3) is 2.65. The Bertz CT molecular complexity index is 1060. The quantitative estimate of drug-likeness (QED) is 0.454. The van der Waals surface area contributed by atoms with E-state index >= 15 is 0 Å². The summed E-state index contributed by atoms with van der Waals surface area (Å²) in [6.07, 6.45) is 2.81. The van der Waals surface area contributed by atoms with Crippen LogP contribution in [-0.4, -0.2) is 24.4 Å². The van der Waals surface area contributed by atoms with Crippen LogP contribution in [0.4, 0.5) is 17.2 Å². The van der Waals surface area contributed by atoms with Gasteiger partial charge >= 0.3 is 5.69 Å². The van der Waals surface area contributed by atoms with Crippen molar-refractivity contribution < 1.29 is 4.92 Å². The van der Waals surface area contributed by atoms with Crippen molar-refractivity contribution in [2.45, 2.75) is 0 Å². The number of nitrogens with one attached hydrogen (secondary N) is 1. The summed E-state index contributed by atoms with van der Waals surface area (Å²) in [4.78, 5) is 23.7. The van der Waals surface area contributed by atoms with Crippen LogP contribution < -0.4 is 5.32 Å². The first kappa shape index (κ1) is 14.8. The molecule has 0 spiro atoms. The Morgan fingerprint density at radius 2 is 1.72 bits per heavy atom. The molecule has 25 heavy (non-hydrogen) atoms. The molecule has 2 aromatic carbocycles. The zero-order valence-electron chi connectivity index (χ0n) is 12.9.